The molecule has 102 valence electrons. The summed E-state index contributed by atoms with van der Waals surface area (Å²) in [5, 5.41) is 5.82. The molecule has 2 heterocycles. The molecule has 1 N–H and O–H groups in total. The van der Waals surface area contributed by atoms with Crippen molar-refractivity contribution in [1.82, 2.24) is 10.2 Å². The summed E-state index contributed by atoms with van der Waals surface area (Å²) in [6, 6.07) is 4.85. The summed E-state index contributed by atoms with van der Waals surface area (Å²) in [4.78, 5) is 4.08. The van der Waals surface area contributed by atoms with Crippen LogP contribution in [0.3, 0.4) is 0 Å². The molecule has 0 saturated carbocycles. The van der Waals surface area contributed by atoms with Crippen LogP contribution in [0.1, 0.15) is 44.0 Å². The molecule has 0 radical (unpaired) electrons. The highest BCUT2D eigenvalue weighted by Crippen LogP contribution is 2.18. The highest BCUT2D eigenvalue weighted by molar-refractivity contribution is 7.10. The van der Waals surface area contributed by atoms with Crippen molar-refractivity contribution in [3.8, 4) is 0 Å². The van der Waals surface area contributed by atoms with Crippen molar-refractivity contribution < 1.29 is 0 Å². The molecule has 3 heteroatoms. The van der Waals surface area contributed by atoms with Crippen molar-refractivity contribution in [3.05, 3.63) is 22.4 Å². The van der Waals surface area contributed by atoms with E-state index in [0.717, 1.165) is 12.5 Å². The van der Waals surface area contributed by atoms with E-state index < -0.39 is 0 Å². The van der Waals surface area contributed by atoms with Crippen LogP contribution in [0, 0.1) is 5.92 Å². The van der Waals surface area contributed by atoms with Gasteiger partial charge in [0.15, 0.2) is 0 Å². The smallest absolute Gasteiger partial charge is 0.0386 e. The van der Waals surface area contributed by atoms with Crippen LogP contribution in [0.15, 0.2) is 17.5 Å². The minimum absolute atomic E-state index is 0.494. The van der Waals surface area contributed by atoms with Crippen molar-refractivity contribution in [1.29, 1.82) is 0 Å². The molecular weight excluding hydrogens is 240 g/mol. The number of hydrogen-bond acceptors (Lipinski definition) is 3. The van der Waals surface area contributed by atoms with Gasteiger partial charge >= 0.3 is 0 Å². The lowest BCUT2D eigenvalue weighted by molar-refractivity contribution is 0.198. The Morgan fingerprint density at radius 1 is 1.28 bits per heavy atom. The second kappa shape index (κ2) is 7.27. The molecular formula is C15H26N2S. The van der Waals surface area contributed by atoms with Gasteiger partial charge in [0.1, 0.15) is 0 Å². The Hall–Kier alpha value is -0.380. The summed E-state index contributed by atoms with van der Waals surface area (Å²) >= 11 is 1.85. The molecule has 18 heavy (non-hydrogen) atoms. The summed E-state index contributed by atoms with van der Waals surface area (Å²) in [7, 11) is 0. The van der Waals surface area contributed by atoms with Gasteiger partial charge in [-0.1, -0.05) is 19.4 Å². The van der Waals surface area contributed by atoms with Crippen LogP contribution in [-0.2, 0) is 0 Å². The third kappa shape index (κ3) is 4.38. The van der Waals surface area contributed by atoms with E-state index in [4.69, 9.17) is 0 Å². The predicted molar refractivity (Wildman–Crippen MR) is 80.2 cm³/mol. The molecule has 2 unspecified atom stereocenters. The molecule has 1 saturated heterocycles. The number of rotatable bonds is 6. The monoisotopic (exact) mass is 266 g/mol. The standard InChI is InChI=1S/C15H26N2S/c1-13(12-17-8-4-3-5-9-17)11-16-14(2)15-7-6-10-18-15/h6-7,10,13-14,16H,3-5,8-9,11-12H2,1-2H3. The summed E-state index contributed by atoms with van der Waals surface area (Å²) in [5.41, 5.74) is 0. The van der Waals surface area contributed by atoms with Gasteiger partial charge in [0.25, 0.3) is 0 Å². The summed E-state index contributed by atoms with van der Waals surface area (Å²) in [5.74, 6) is 0.741. The molecule has 0 amide bonds. The molecule has 1 aromatic heterocycles. The Morgan fingerprint density at radius 2 is 2.06 bits per heavy atom. The molecule has 2 nitrogen and oxygen atoms in total. The first kappa shape index (κ1) is 14.0. The van der Waals surface area contributed by atoms with Gasteiger partial charge < -0.3 is 10.2 Å². The van der Waals surface area contributed by atoms with Gasteiger partial charge in [-0.15, -0.1) is 11.3 Å². The maximum atomic E-state index is 3.66. The number of nitrogens with zero attached hydrogens (tertiary/aromatic N) is 1. The zero-order chi connectivity index (χ0) is 12.8. The zero-order valence-electron chi connectivity index (χ0n) is 11.7. The minimum atomic E-state index is 0.494. The molecule has 2 atom stereocenters. The Bertz CT molecular complexity index is 317. The Labute approximate surface area is 115 Å². The van der Waals surface area contributed by atoms with Gasteiger partial charge in [-0.3, -0.25) is 0 Å². The topological polar surface area (TPSA) is 15.3 Å². The molecule has 2 rings (SSSR count). The minimum Gasteiger partial charge on any atom is -0.309 e. The van der Waals surface area contributed by atoms with E-state index in [1.165, 1.54) is 43.8 Å². The Balaban J connectivity index is 1.66. The van der Waals surface area contributed by atoms with Gasteiger partial charge in [-0.05, 0) is 56.8 Å². The quantitative estimate of drug-likeness (QED) is 0.847. The fourth-order valence-corrected chi connectivity index (χ4v) is 3.42. The van der Waals surface area contributed by atoms with Crippen LogP contribution in [0.4, 0.5) is 0 Å². The highest BCUT2D eigenvalue weighted by atomic mass is 32.1. The number of thiophene rings is 1. The van der Waals surface area contributed by atoms with Crippen molar-refractivity contribution in [2.75, 3.05) is 26.2 Å². The van der Waals surface area contributed by atoms with E-state index in [0.29, 0.717) is 6.04 Å². The molecule has 1 fully saturated rings. The molecule has 0 aliphatic carbocycles. The summed E-state index contributed by atoms with van der Waals surface area (Å²) in [6.45, 7) is 9.62. The normalized spacial score (nSPS) is 20.8. The highest BCUT2D eigenvalue weighted by Gasteiger charge is 2.14. The van der Waals surface area contributed by atoms with Gasteiger partial charge in [0, 0.05) is 17.5 Å². The zero-order valence-corrected chi connectivity index (χ0v) is 12.5. The first-order valence-electron chi connectivity index (χ1n) is 7.25. The van der Waals surface area contributed by atoms with Crippen molar-refractivity contribution in [3.63, 3.8) is 0 Å². The Kier molecular flexibility index (Phi) is 5.67. The van der Waals surface area contributed by atoms with Crippen molar-refractivity contribution >= 4 is 11.3 Å². The lowest BCUT2D eigenvalue weighted by atomic mass is 10.1. The van der Waals surface area contributed by atoms with Crippen molar-refractivity contribution in [2.45, 2.75) is 39.2 Å². The van der Waals surface area contributed by atoms with E-state index in [1.807, 2.05) is 11.3 Å². The fraction of sp³-hybridized carbons (Fsp3) is 0.733. The van der Waals surface area contributed by atoms with E-state index in [2.05, 4.69) is 41.6 Å². The first-order valence-corrected chi connectivity index (χ1v) is 8.13. The molecule has 0 aromatic carbocycles. The number of piperidine rings is 1. The van der Waals surface area contributed by atoms with E-state index in [1.54, 1.807) is 0 Å². The third-order valence-corrected chi connectivity index (χ3v) is 4.82. The van der Waals surface area contributed by atoms with Gasteiger partial charge in [-0.25, -0.2) is 0 Å². The molecule has 1 aromatic rings. The molecule has 1 aliphatic heterocycles. The van der Waals surface area contributed by atoms with Crippen LogP contribution in [-0.4, -0.2) is 31.1 Å². The second-order valence-corrected chi connectivity index (χ2v) is 6.59. The molecule has 1 aliphatic rings. The number of likely N-dealkylation sites (tertiary alicyclic amines) is 1. The van der Waals surface area contributed by atoms with E-state index >= 15 is 0 Å². The van der Waals surface area contributed by atoms with Crippen LogP contribution >= 0.6 is 11.3 Å². The van der Waals surface area contributed by atoms with Crippen LogP contribution < -0.4 is 5.32 Å². The van der Waals surface area contributed by atoms with Crippen LogP contribution in [0.25, 0.3) is 0 Å². The van der Waals surface area contributed by atoms with Crippen LogP contribution in [0.5, 0.6) is 0 Å². The van der Waals surface area contributed by atoms with Gasteiger partial charge in [0.2, 0.25) is 0 Å². The predicted octanol–water partition coefficient (Wildman–Crippen LogP) is 3.52. The maximum absolute atomic E-state index is 3.66. The summed E-state index contributed by atoms with van der Waals surface area (Å²) < 4.78 is 0. The molecule has 0 spiro atoms. The van der Waals surface area contributed by atoms with E-state index in [-0.39, 0.29) is 0 Å². The van der Waals surface area contributed by atoms with Gasteiger partial charge in [-0.2, -0.15) is 0 Å². The Morgan fingerprint density at radius 3 is 2.72 bits per heavy atom. The lowest BCUT2D eigenvalue weighted by Crippen LogP contribution is -2.37. The fourth-order valence-electron chi connectivity index (χ4n) is 2.66. The largest absolute Gasteiger partial charge is 0.309 e. The second-order valence-electron chi connectivity index (χ2n) is 5.61. The molecule has 0 bridgehead atoms. The number of hydrogen-bond donors (Lipinski definition) is 1. The van der Waals surface area contributed by atoms with Crippen LogP contribution in [0.2, 0.25) is 0 Å². The third-order valence-electron chi connectivity index (χ3n) is 3.76. The maximum Gasteiger partial charge on any atom is 0.0386 e. The average Bonchev–Trinajstić information content (AvgIpc) is 2.91. The lowest BCUT2D eigenvalue weighted by Gasteiger charge is -2.29. The SMILES string of the molecule is CC(CNC(C)c1cccs1)CN1CCCCC1. The summed E-state index contributed by atoms with van der Waals surface area (Å²) in [6.07, 6.45) is 4.22. The number of nitrogens with one attached hydrogen (secondary N) is 1. The average molecular weight is 266 g/mol. The first-order chi connectivity index (χ1) is 8.75. The van der Waals surface area contributed by atoms with Crippen molar-refractivity contribution in [2.24, 2.45) is 5.92 Å². The van der Waals surface area contributed by atoms with E-state index in [9.17, 15) is 0 Å². The van der Waals surface area contributed by atoms with Gasteiger partial charge in [0.05, 0.1) is 0 Å².